The second-order valence-electron chi connectivity index (χ2n) is 10.5. The first-order valence-electron chi connectivity index (χ1n) is 12.6. The van der Waals surface area contributed by atoms with Gasteiger partial charge in [0.2, 0.25) is 0 Å². The van der Waals surface area contributed by atoms with Crippen molar-refractivity contribution in [2.75, 3.05) is 13.2 Å². The molecule has 0 unspecified atom stereocenters. The van der Waals surface area contributed by atoms with E-state index in [0.29, 0.717) is 39.6 Å². The number of nitrogens with zero attached hydrogens (tertiary/aromatic N) is 4. The van der Waals surface area contributed by atoms with Crippen LogP contribution in [0.3, 0.4) is 0 Å². The van der Waals surface area contributed by atoms with E-state index in [9.17, 15) is 18.7 Å². The highest BCUT2D eigenvalue weighted by Crippen LogP contribution is 2.45. The minimum Gasteiger partial charge on any atom is -0.489 e. The lowest BCUT2D eigenvalue weighted by Gasteiger charge is -2.29. The Kier molecular flexibility index (Phi) is 6.28. The van der Waals surface area contributed by atoms with E-state index in [0.717, 1.165) is 5.57 Å². The van der Waals surface area contributed by atoms with E-state index in [2.05, 4.69) is 9.97 Å². The normalized spacial score (nSPS) is 23.7. The summed E-state index contributed by atoms with van der Waals surface area (Å²) >= 11 is 6.36. The van der Waals surface area contributed by atoms with Gasteiger partial charge in [-0.2, -0.15) is 0 Å². The number of carbonyl (C=O) groups is 1. The summed E-state index contributed by atoms with van der Waals surface area (Å²) in [4.78, 5) is 21.7. The number of ether oxygens (including phenoxy) is 3. The zero-order valence-corrected chi connectivity index (χ0v) is 22.3. The SMILES string of the molecule is Cc1nc(Cl)c2ccn([C@@H]3C=C(COc4cc(C(F)F)cc5c4CN(C(=O)O)CC5)[C@H]4OC(C)(C)O[C@H]43)c2n1. The minimum absolute atomic E-state index is 0.0529. The number of aryl methyl sites for hydroxylation is 1. The number of rotatable bonds is 5. The number of carboxylic acid groups (broad SMARTS) is 1. The maximum Gasteiger partial charge on any atom is 0.407 e. The van der Waals surface area contributed by atoms with E-state index < -0.39 is 24.4 Å². The van der Waals surface area contributed by atoms with Gasteiger partial charge in [-0.25, -0.2) is 23.5 Å². The van der Waals surface area contributed by atoms with Gasteiger partial charge in [0.1, 0.15) is 41.2 Å². The van der Waals surface area contributed by atoms with Crippen LogP contribution >= 0.6 is 11.6 Å². The standard InChI is InChI=1S/C27H27ClF2N4O5/c1-13-31-23(28)17-5-7-34(25(17)32-13)19-9-16(21-22(19)39-27(2,3)38-21)12-37-20-10-15(24(29)30)8-14-4-6-33(26(35)36)11-18(14)20/h5,7-10,19,21-22,24H,4,6,11-12H2,1-3H3,(H,35,36)/t19-,21-,22+/m1/s1. The Labute approximate surface area is 227 Å². The van der Waals surface area contributed by atoms with E-state index >= 15 is 0 Å². The fourth-order valence-electron chi connectivity index (χ4n) is 5.68. The summed E-state index contributed by atoms with van der Waals surface area (Å²) in [5, 5.41) is 10.6. The van der Waals surface area contributed by atoms with Crippen LogP contribution in [-0.4, -0.2) is 61.8 Å². The van der Waals surface area contributed by atoms with Crippen LogP contribution in [0.25, 0.3) is 11.0 Å². The zero-order chi connectivity index (χ0) is 27.6. The van der Waals surface area contributed by atoms with Crippen molar-refractivity contribution in [1.29, 1.82) is 0 Å². The van der Waals surface area contributed by atoms with Gasteiger partial charge in [-0.1, -0.05) is 17.7 Å². The molecular formula is C27H27ClF2N4O5. The monoisotopic (exact) mass is 560 g/mol. The Bertz CT molecular complexity index is 1510. The van der Waals surface area contributed by atoms with Gasteiger partial charge in [-0.05, 0) is 56.5 Å². The number of fused-ring (bicyclic) bond motifs is 3. The largest absolute Gasteiger partial charge is 0.489 e. The van der Waals surface area contributed by atoms with Crippen molar-refractivity contribution in [3.05, 3.63) is 63.7 Å². The van der Waals surface area contributed by atoms with Crippen LogP contribution in [0.4, 0.5) is 13.6 Å². The summed E-state index contributed by atoms with van der Waals surface area (Å²) in [5.41, 5.74) is 2.56. The highest BCUT2D eigenvalue weighted by Gasteiger charge is 2.51. The number of aromatic nitrogens is 3. The van der Waals surface area contributed by atoms with Crippen molar-refractivity contribution in [2.24, 2.45) is 0 Å². The van der Waals surface area contributed by atoms with Crippen LogP contribution in [0.1, 0.15) is 48.8 Å². The molecule has 3 atom stereocenters. The third-order valence-corrected chi connectivity index (χ3v) is 7.70. The van der Waals surface area contributed by atoms with Crippen LogP contribution in [0.15, 0.2) is 36.0 Å². The van der Waals surface area contributed by atoms with Crippen molar-refractivity contribution < 1.29 is 32.9 Å². The minimum atomic E-state index is -2.68. The lowest BCUT2D eigenvalue weighted by atomic mass is 9.96. The predicted octanol–water partition coefficient (Wildman–Crippen LogP) is 5.45. The average molecular weight is 561 g/mol. The molecule has 4 heterocycles. The first kappa shape index (κ1) is 26.0. The smallest absolute Gasteiger partial charge is 0.407 e. The molecule has 0 saturated carbocycles. The molecule has 1 amide bonds. The number of halogens is 3. The molecule has 1 aromatic carbocycles. The lowest BCUT2D eigenvalue weighted by Crippen LogP contribution is -2.35. The fourth-order valence-corrected chi connectivity index (χ4v) is 5.95. The highest BCUT2D eigenvalue weighted by molar-refractivity contribution is 6.34. The fraction of sp³-hybridized carbons (Fsp3) is 0.444. The first-order chi connectivity index (χ1) is 18.5. The van der Waals surface area contributed by atoms with E-state index in [1.165, 1.54) is 17.0 Å². The van der Waals surface area contributed by atoms with Gasteiger partial charge in [0, 0.05) is 23.9 Å². The zero-order valence-electron chi connectivity index (χ0n) is 21.5. The van der Waals surface area contributed by atoms with Crippen molar-refractivity contribution in [2.45, 2.75) is 64.2 Å². The van der Waals surface area contributed by atoms with Gasteiger partial charge < -0.3 is 28.8 Å². The first-order valence-corrected chi connectivity index (χ1v) is 13.0. The maximum atomic E-state index is 13.7. The van der Waals surface area contributed by atoms with E-state index in [4.69, 9.17) is 25.8 Å². The van der Waals surface area contributed by atoms with Crippen LogP contribution in [-0.2, 0) is 22.4 Å². The van der Waals surface area contributed by atoms with Crippen molar-refractivity contribution in [3.63, 3.8) is 0 Å². The van der Waals surface area contributed by atoms with Crippen LogP contribution in [0.2, 0.25) is 5.15 Å². The Morgan fingerprint density at radius 3 is 2.85 bits per heavy atom. The Balaban J connectivity index is 1.34. The summed E-state index contributed by atoms with van der Waals surface area (Å²) in [6.45, 7) is 5.80. The molecule has 206 valence electrons. The van der Waals surface area contributed by atoms with Crippen LogP contribution in [0, 0.1) is 6.92 Å². The molecule has 1 N–H and O–H groups in total. The molecule has 3 aliphatic rings. The number of amides is 1. The summed E-state index contributed by atoms with van der Waals surface area (Å²) < 4.78 is 48.0. The third kappa shape index (κ3) is 4.62. The Morgan fingerprint density at radius 1 is 1.31 bits per heavy atom. The van der Waals surface area contributed by atoms with Gasteiger partial charge in [-0.15, -0.1) is 0 Å². The molecule has 0 spiro atoms. The molecule has 1 saturated heterocycles. The average Bonchev–Trinajstić information content (AvgIpc) is 3.52. The number of hydrogen-bond acceptors (Lipinski definition) is 6. The molecule has 39 heavy (non-hydrogen) atoms. The van der Waals surface area contributed by atoms with Gasteiger partial charge >= 0.3 is 6.09 Å². The molecule has 6 rings (SSSR count). The predicted molar refractivity (Wildman–Crippen MR) is 137 cm³/mol. The summed E-state index contributed by atoms with van der Waals surface area (Å²) in [7, 11) is 0. The van der Waals surface area contributed by atoms with Gasteiger partial charge in [-0.3, -0.25) is 0 Å². The van der Waals surface area contributed by atoms with Crippen LogP contribution < -0.4 is 4.74 Å². The number of alkyl halides is 2. The maximum absolute atomic E-state index is 13.7. The molecule has 12 heteroatoms. The summed E-state index contributed by atoms with van der Waals surface area (Å²) in [6, 6.07) is 4.31. The second kappa shape index (κ2) is 9.42. The molecule has 2 aliphatic heterocycles. The number of hydrogen-bond donors (Lipinski definition) is 1. The van der Waals surface area contributed by atoms with E-state index in [-0.39, 0.29) is 43.2 Å². The van der Waals surface area contributed by atoms with Gasteiger partial charge in [0.15, 0.2) is 5.79 Å². The molecule has 3 aromatic rings. The van der Waals surface area contributed by atoms with Crippen molar-refractivity contribution >= 4 is 28.7 Å². The molecule has 0 bridgehead atoms. The van der Waals surface area contributed by atoms with E-state index in [1.807, 2.05) is 36.8 Å². The molecule has 1 fully saturated rings. The summed E-state index contributed by atoms with van der Waals surface area (Å²) in [6.07, 6.45) is -0.361. The second-order valence-corrected chi connectivity index (χ2v) is 10.8. The molecule has 2 aromatic heterocycles. The van der Waals surface area contributed by atoms with Crippen molar-refractivity contribution in [3.8, 4) is 5.75 Å². The number of benzene rings is 1. The molecular weight excluding hydrogens is 534 g/mol. The Hall–Kier alpha value is -3.28. The Morgan fingerprint density at radius 2 is 2.10 bits per heavy atom. The molecule has 1 aliphatic carbocycles. The van der Waals surface area contributed by atoms with Gasteiger partial charge in [0.05, 0.1) is 18.0 Å². The lowest BCUT2D eigenvalue weighted by molar-refractivity contribution is -0.148. The topological polar surface area (TPSA) is 98.9 Å². The van der Waals surface area contributed by atoms with E-state index in [1.54, 1.807) is 6.92 Å². The molecule has 0 radical (unpaired) electrons. The third-order valence-electron chi connectivity index (χ3n) is 7.41. The molecule has 9 nitrogen and oxygen atoms in total. The van der Waals surface area contributed by atoms with Crippen LogP contribution in [0.5, 0.6) is 5.75 Å². The van der Waals surface area contributed by atoms with Gasteiger partial charge in [0.25, 0.3) is 6.43 Å². The quantitative estimate of drug-likeness (QED) is 0.327. The summed E-state index contributed by atoms with van der Waals surface area (Å²) in [5.74, 6) is -0.0676. The van der Waals surface area contributed by atoms with Crippen molar-refractivity contribution in [1.82, 2.24) is 19.4 Å². The highest BCUT2D eigenvalue weighted by atomic mass is 35.5.